The summed E-state index contributed by atoms with van der Waals surface area (Å²) in [5.41, 5.74) is 4.00. The minimum absolute atomic E-state index is 0.0365. The van der Waals surface area contributed by atoms with E-state index in [4.69, 9.17) is 4.74 Å². The summed E-state index contributed by atoms with van der Waals surface area (Å²) in [6.45, 7) is -0.606. The predicted molar refractivity (Wildman–Crippen MR) is 101 cm³/mol. The zero-order chi connectivity index (χ0) is 22.5. The van der Waals surface area contributed by atoms with Crippen LogP contribution in [0.3, 0.4) is 0 Å². The number of carbonyl (C=O) groups is 1. The van der Waals surface area contributed by atoms with E-state index in [9.17, 15) is 30.8 Å². The Kier molecular flexibility index (Phi) is 7.26. The molecular formula is C18H19F4N3O4S. The number of sulfonamides is 1. The van der Waals surface area contributed by atoms with Crippen molar-refractivity contribution in [2.75, 3.05) is 17.7 Å². The van der Waals surface area contributed by atoms with Crippen LogP contribution in [-0.2, 0) is 27.9 Å². The number of methoxy groups -OCH3 is 1. The normalized spacial score (nSPS) is 11.8. The van der Waals surface area contributed by atoms with Crippen LogP contribution in [0.1, 0.15) is 11.1 Å². The van der Waals surface area contributed by atoms with Gasteiger partial charge in [0.1, 0.15) is 11.6 Å². The molecular weight excluding hydrogens is 430 g/mol. The Morgan fingerprint density at radius 1 is 1.17 bits per heavy atom. The van der Waals surface area contributed by atoms with Crippen molar-refractivity contribution in [3.63, 3.8) is 0 Å². The number of carbonyl (C=O) groups excluding carboxylic acids is 1. The van der Waals surface area contributed by atoms with E-state index in [0.717, 1.165) is 16.6 Å². The molecule has 0 unspecified atom stereocenters. The molecule has 30 heavy (non-hydrogen) atoms. The molecule has 0 heterocycles. The quantitative estimate of drug-likeness (QED) is 0.478. The smallest absolute Gasteiger partial charge is 0.472 e. The second kappa shape index (κ2) is 9.30. The lowest BCUT2D eigenvalue weighted by Gasteiger charge is -2.24. The van der Waals surface area contributed by atoms with Gasteiger partial charge in [0, 0.05) is 12.1 Å². The fourth-order valence-corrected chi connectivity index (χ4v) is 3.38. The highest BCUT2D eigenvalue weighted by molar-refractivity contribution is 7.92. The minimum atomic E-state index is -5.05. The number of hydrogen-bond donors (Lipinski definition) is 2. The van der Waals surface area contributed by atoms with Crippen LogP contribution in [0.15, 0.2) is 42.5 Å². The van der Waals surface area contributed by atoms with Gasteiger partial charge in [-0.2, -0.15) is 13.2 Å². The Hall–Kier alpha value is -2.86. The molecule has 0 aliphatic carbocycles. The van der Waals surface area contributed by atoms with E-state index in [2.05, 4.69) is 5.43 Å². The molecule has 2 rings (SSSR count). The number of amides is 1. The molecule has 12 heteroatoms. The number of para-hydroxylation sites is 2. The standard InChI is InChI=1S/C18H19F4N3O4S/c1-29-16-6-4-3-5-15(16)25(30(2,27)28)11-13-8-7-12(9-14(13)19)10-23-24-17(26)18(20,21)22/h3-9,23H,10-11H2,1-2H3,(H,24,26). The lowest BCUT2D eigenvalue weighted by molar-refractivity contribution is -0.174. The molecule has 164 valence electrons. The van der Waals surface area contributed by atoms with E-state index in [1.807, 2.05) is 0 Å². The number of benzene rings is 2. The van der Waals surface area contributed by atoms with Crippen molar-refractivity contribution in [3.8, 4) is 5.75 Å². The number of nitrogens with one attached hydrogen (secondary N) is 2. The number of halogens is 4. The summed E-state index contributed by atoms with van der Waals surface area (Å²) in [4.78, 5) is 10.7. The molecule has 0 aromatic heterocycles. The molecule has 2 aromatic rings. The third-order valence-corrected chi connectivity index (χ3v) is 5.06. The first-order valence-electron chi connectivity index (χ1n) is 8.41. The maximum atomic E-state index is 14.5. The van der Waals surface area contributed by atoms with Gasteiger partial charge in [-0.25, -0.2) is 18.2 Å². The van der Waals surface area contributed by atoms with Gasteiger partial charge < -0.3 is 4.74 Å². The van der Waals surface area contributed by atoms with Gasteiger partial charge in [-0.05, 0) is 23.8 Å². The molecule has 0 fully saturated rings. The monoisotopic (exact) mass is 449 g/mol. The zero-order valence-corrected chi connectivity index (χ0v) is 16.8. The van der Waals surface area contributed by atoms with Gasteiger partial charge in [-0.3, -0.25) is 14.5 Å². The first-order valence-corrected chi connectivity index (χ1v) is 10.3. The number of alkyl halides is 3. The van der Waals surface area contributed by atoms with Crippen LogP contribution < -0.4 is 19.9 Å². The first-order chi connectivity index (χ1) is 13.9. The lowest BCUT2D eigenvalue weighted by Crippen LogP contribution is -2.44. The van der Waals surface area contributed by atoms with Crippen LogP contribution in [0.2, 0.25) is 0 Å². The van der Waals surface area contributed by atoms with E-state index < -0.39 is 27.9 Å². The summed E-state index contributed by atoms with van der Waals surface area (Å²) in [5, 5.41) is 0. The molecule has 7 nitrogen and oxygen atoms in total. The topological polar surface area (TPSA) is 87.7 Å². The van der Waals surface area contributed by atoms with Crippen LogP contribution in [0.4, 0.5) is 23.2 Å². The lowest BCUT2D eigenvalue weighted by atomic mass is 10.1. The van der Waals surface area contributed by atoms with E-state index in [1.165, 1.54) is 30.7 Å². The SMILES string of the molecule is COc1ccccc1N(Cc1ccc(CNNC(=O)C(F)(F)F)cc1F)S(C)(=O)=O. The van der Waals surface area contributed by atoms with E-state index in [1.54, 1.807) is 18.2 Å². The Balaban J connectivity index is 2.18. The molecule has 0 spiro atoms. The molecule has 1 amide bonds. The maximum absolute atomic E-state index is 14.5. The van der Waals surface area contributed by atoms with E-state index in [-0.39, 0.29) is 35.7 Å². The van der Waals surface area contributed by atoms with Crippen molar-refractivity contribution in [1.82, 2.24) is 10.9 Å². The van der Waals surface area contributed by atoms with Crippen molar-refractivity contribution < 1.29 is 35.5 Å². The second-order valence-corrected chi connectivity index (χ2v) is 8.08. The largest absolute Gasteiger partial charge is 0.495 e. The van der Waals surface area contributed by atoms with Gasteiger partial charge >= 0.3 is 12.1 Å². The summed E-state index contributed by atoms with van der Waals surface area (Å²) in [6.07, 6.45) is -4.07. The maximum Gasteiger partial charge on any atom is 0.472 e. The van der Waals surface area contributed by atoms with Gasteiger partial charge in [0.2, 0.25) is 10.0 Å². The van der Waals surface area contributed by atoms with Crippen molar-refractivity contribution in [2.24, 2.45) is 0 Å². The van der Waals surface area contributed by atoms with Crippen LogP contribution in [0, 0.1) is 5.82 Å². The molecule has 0 aliphatic heterocycles. The summed E-state index contributed by atoms with van der Waals surface area (Å²) in [7, 11) is -2.42. The van der Waals surface area contributed by atoms with Gasteiger partial charge in [0.05, 0.1) is 25.6 Å². The molecule has 2 aromatic carbocycles. The summed E-state index contributed by atoms with van der Waals surface area (Å²) >= 11 is 0. The highest BCUT2D eigenvalue weighted by Gasteiger charge is 2.38. The Labute approximate surface area is 170 Å². The van der Waals surface area contributed by atoms with E-state index >= 15 is 0 Å². The van der Waals surface area contributed by atoms with Gasteiger partial charge in [-0.1, -0.05) is 24.3 Å². The minimum Gasteiger partial charge on any atom is -0.495 e. The molecule has 0 radical (unpaired) electrons. The number of nitrogens with zero attached hydrogens (tertiary/aromatic N) is 1. The van der Waals surface area contributed by atoms with E-state index in [0.29, 0.717) is 0 Å². The molecule has 0 saturated heterocycles. The number of hydrogen-bond acceptors (Lipinski definition) is 5. The zero-order valence-electron chi connectivity index (χ0n) is 16.0. The third-order valence-electron chi connectivity index (χ3n) is 3.94. The molecule has 0 aliphatic rings. The summed E-state index contributed by atoms with van der Waals surface area (Å²) in [5.74, 6) is -2.66. The fourth-order valence-electron chi connectivity index (χ4n) is 2.50. The van der Waals surface area contributed by atoms with Crippen LogP contribution >= 0.6 is 0 Å². The van der Waals surface area contributed by atoms with Crippen LogP contribution in [0.25, 0.3) is 0 Å². The fraction of sp³-hybridized carbons (Fsp3) is 0.278. The average molecular weight is 449 g/mol. The summed E-state index contributed by atoms with van der Waals surface area (Å²) in [6, 6.07) is 10.1. The summed E-state index contributed by atoms with van der Waals surface area (Å²) < 4.78 is 81.6. The van der Waals surface area contributed by atoms with Crippen LogP contribution in [0.5, 0.6) is 5.75 Å². The average Bonchev–Trinajstić information content (AvgIpc) is 2.65. The molecule has 0 atom stereocenters. The number of anilines is 1. The number of rotatable bonds is 8. The Morgan fingerprint density at radius 3 is 2.40 bits per heavy atom. The number of ether oxygens (including phenoxy) is 1. The molecule has 0 saturated carbocycles. The predicted octanol–water partition coefficient (Wildman–Crippen LogP) is 2.48. The van der Waals surface area contributed by atoms with Gasteiger partial charge in [-0.15, -0.1) is 0 Å². The molecule has 0 bridgehead atoms. The van der Waals surface area contributed by atoms with Crippen molar-refractivity contribution in [3.05, 3.63) is 59.4 Å². The highest BCUT2D eigenvalue weighted by atomic mass is 32.2. The van der Waals surface area contributed by atoms with Crippen molar-refractivity contribution >= 4 is 21.6 Å². The molecule has 2 N–H and O–H groups in total. The highest BCUT2D eigenvalue weighted by Crippen LogP contribution is 2.31. The first kappa shape index (κ1) is 23.4. The Morgan fingerprint density at radius 2 is 1.83 bits per heavy atom. The second-order valence-electron chi connectivity index (χ2n) is 6.17. The van der Waals surface area contributed by atoms with Gasteiger partial charge in [0.25, 0.3) is 0 Å². The van der Waals surface area contributed by atoms with Crippen molar-refractivity contribution in [2.45, 2.75) is 19.3 Å². The number of hydrazine groups is 1. The van der Waals surface area contributed by atoms with Crippen LogP contribution in [-0.4, -0.2) is 33.9 Å². The Bertz CT molecular complexity index is 1010. The van der Waals surface area contributed by atoms with Gasteiger partial charge in [0.15, 0.2) is 0 Å². The third kappa shape index (κ3) is 6.07. The van der Waals surface area contributed by atoms with Crippen molar-refractivity contribution in [1.29, 1.82) is 0 Å².